The number of likely N-dealkylation sites (N-methyl/N-ethyl adjacent to an activating group) is 1. The van der Waals surface area contributed by atoms with Gasteiger partial charge in [-0.3, -0.25) is 4.79 Å². The summed E-state index contributed by atoms with van der Waals surface area (Å²) in [6.45, 7) is -0.240. The van der Waals surface area contributed by atoms with Crippen LogP contribution in [0.4, 0.5) is 0 Å². The lowest BCUT2D eigenvalue weighted by Gasteiger charge is -2.23. The third-order valence-corrected chi connectivity index (χ3v) is 5.75. The van der Waals surface area contributed by atoms with Gasteiger partial charge in [0, 0.05) is 13.1 Å². The minimum Gasteiger partial charge on any atom is -0.481 e. The largest absolute Gasteiger partial charge is 0.481 e. The molecular weight excluding hydrogens is 337 g/mol. The molecule has 1 heterocycles. The number of carbonyl (C=O) groups excluding carboxylic acids is 1. The molecule has 1 aromatic rings. The Labute approximate surface area is 133 Å². The summed E-state index contributed by atoms with van der Waals surface area (Å²) in [5.41, 5.74) is 0. The van der Waals surface area contributed by atoms with Crippen molar-refractivity contribution in [3.63, 3.8) is 0 Å². The summed E-state index contributed by atoms with van der Waals surface area (Å²) in [5, 5.41) is 0.641. The Balaban J connectivity index is 1.96. The summed E-state index contributed by atoms with van der Waals surface area (Å²) in [6.07, 6.45) is 0.456. The number of amides is 1. The van der Waals surface area contributed by atoms with Crippen molar-refractivity contribution < 1.29 is 17.9 Å². The van der Waals surface area contributed by atoms with E-state index in [0.29, 0.717) is 16.5 Å². The predicted molar refractivity (Wildman–Crippen MR) is 81.8 cm³/mol. The normalized spacial score (nSPS) is 20.2. The number of nitrogens with zero attached hydrogens (tertiary/aromatic N) is 1. The molecule has 0 spiro atoms. The van der Waals surface area contributed by atoms with Crippen molar-refractivity contribution in [3.8, 4) is 5.75 Å². The van der Waals surface area contributed by atoms with Crippen molar-refractivity contribution >= 4 is 38.9 Å². The molecule has 1 fully saturated rings. The van der Waals surface area contributed by atoms with Crippen LogP contribution >= 0.6 is 23.2 Å². The summed E-state index contributed by atoms with van der Waals surface area (Å²) in [7, 11) is -1.46. The highest BCUT2D eigenvalue weighted by Gasteiger charge is 2.32. The number of hydrogen-bond donors (Lipinski definition) is 0. The van der Waals surface area contributed by atoms with Crippen molar-refractivity contribution in [3.05, 3.63) is 28.2 Å². The van der Waals surface area contributed by atoms with E-state index in [2.05, 4.69) is 0 Å². The van der Waals surface area contributed by atoms with Gasteiger partial charge in [-0.05, 0) is 18.6 Å². The molecule has 1 saturated heterocycles. The van der Waals surface area contributed by atoms with Gasteiger partial charge in [0.1, 0.15) is 0 Å². The monoisotopic (exact) mass is 351 g/mol. The third kappa shape index (κ3) is 4.02. The van der Waals surface area contributed by atoms with E-state index in [-0.39, 0.29) is 35.8 Å². The molecule has 0 radical (unpaired) electrons. The first-order chi connectivity index (χ1) is 9.80. The molecule has 0 aliphatic carbocycles. The van der Waals surface area contributed by atoms with E-state index >= 15 is 0 Å². The van der Waals surface area contributed by atoms with E-state index < -0.39 is 9.84 Å². The Kier molecular flexibility index (Phi) is 5.01. The lowest BCUT2D eigenvalue weighted by molar-refractivity contribution is -0.133. The van der Waals surface area contributed by atoms with Crippen molar-refractivity contribution in [2.24, 2.45) is 0 Å². The van der Waals surface area contributed by atoms with Crippen LogP contribution < -0.4 is 4.74 Å². The standard InChI is InChI=1S/C13H15Cl2NO4S/c1-16(9-5-6-21(18,19)8-9)12(17)7-20-13-10(14)3-2-4-11(13)15/h2-4,9H,5-8H2,1H3. The molecule has 0 bridgehead atoms. The van der Waals surface area contributed by atoms with Gasteiger partial charge in [-0.25, -0.2) is 8.42 Å². The van der Waals surface area contributed by atoms with Crippen LogP contribution in [-0.4, -0.2) is 50.4 Å². The van der Waals surface area contributed by atoms with E-state index in [9.17, 15) is 13.2 Å². The molecule has 1 aliphatic rings. The lowest BCUT2D eigenvalue weighted by atomic mass is 10.2. The van der Waals surface area contributed by atoms with Gasteiger partial charge in [0.2, 0.25) is 0 Å². The van der Waals surface area contributed by atoms with Crippen LogP contribution in [0.3, 0.4) is 0 Å². The van der Waals surface area contributed by atoms with Crippen LogP contribution in [0.25, 0.3) is 0 Å². The topological polar surface area (TPSA) is 63.7 Å². The number of hydrogen-bond acceptors (Lipinski definition) is 4. The Morgan fingerprint density at radius 2 is 2.00 bits per heavy atom. The number of para-hydroxylation sites is 1. The highest BCUT2D eigenvalue weighted by atomic mass is 35.5. The second-order valence-corrected chi connectivity index (χ2v) is 7.94. The van der Waals surface area contributed by atoms with E-state index in [1.54, 1.807) is 25.2 Å². The molecule has 8 heteroatoms. The zero-order chi connectivity index (χ0) is 15.6. The maximum atomic E-state index is 12.1. The maximum absolute atomic E-state index is 12.1. The molecule has 1 unspecified atom stereocenters. The first kappa shape index (κ1) is 16.4. The Morgan fingerprint density at radius 3 is 2.52 bits per heavy atom. The zero-order valence-electron chi connectivity index (χ0n) is 11.4. The molecule has 1 aliphatic heterocycles. The summed E-state index contributed by atoms with van der Waals surface area (Å²) >= 11 is 11.9. The summed E-state index contributed by atoms with van der Waals surface area (Å²) in [4.78, 5) is 13.5. The van der Waals surface area contributed by atoms with Crippen molar-refractivity contribution in [2.75, 3.05) is 25.2 Å². The number of sulfone groups is 1. The first-order valence-corrected chi connectivity index (χ1v) is 8.91. The number of benzene rings is 1. The fourth-order valence-electron chi connectivity index (χ4n) is 2.14. The highest BCUT2D eigenvalue weighted by molar-refractivity contribution is 7.91. The van der Waals surface area contributed by atoms with Crippen molar-refractivity contribution in [2.45, 2.75) is 12.5 Å². The van der Waals surface area contributed by atoms with Crippen LogP contribution in [0, 0.1) is 0 Å². The van der Waals surface area contributed by atoms with Gasteiger partial charge >= 0.3 is 0 Å². The number of carbonyl (C=O) groups is 1. The smallest absolute Gasteiger partial charge is 0.260 e. The minimum absolute atomic E-state index is 0.00207. The van der Waals surface area contributed by atoms with Gasteiger partial charge in [-0.1, -0.05) is 29.3 Å². The first-order valence-electron chi connectivity index (χ1n) is 6.33. The molecule has 0 N–H and O–H groups in total. The molecule has 116 valence electrons. The fourth-order valence-corrected chi connectivity index (χ4v) is 4.42. The van der Waals surface area contributed by atoms with Crippen LogP contribution in [0.1, 0.15) is 6.42 Å². The average molecular weight is 352 g/mol. The predicted octanol–water partition coefficient (Wildman–Crippen LogP) is 2.02. The maximum Gasteiger partial charge on any atom is 0.260 e. The number of ether oxygens (including phenoxy) is 1. The van der Waals surface area contributed by atoms with Gasteiger partial charge in [-0.15, -0.1) is 0 Å². The molecule has 1 atom stereocenters. The highest BCUT2D eigenvalue weighted by Crippen LogP contribution is 2.32. The van der Waals surface area contributed by atoms with Crippen LogP contribution in [-0.2, 0) is 14.6 Å². The van der Waals surface area contributed by atoms with Crippen molar-refractivity contribution in [1.82, 2.24) is 4.90 Å². The zero-order valence-corrected chi connectivity index (χ0v) is 13.7. The molecule has 0 aromatic heterocycles. The summed E-state index contributed by atoms with van der Waals surface area (Å²) in [6, 6.07) is 4.60. The van der Waals surface area contributed by atoms with Gasteiger partial charge in [0.15, 0.2) is 22.2 Å². The number of rotatable bonds is 4. The van der Waals surface area contributed by atoms with E-state index in [4.69, 9.17) is 27.9 Å². The van der Waals surface area contributed by atoms with Crippen LogP contribution in [0.2, 0.25) is 10.0 Å². The third-order valence-electron chi connectivity index (χ3n) is 3.41. The van der Waals surface area contributed by atoms with Gasteiger partial charge in [0.25, 0.3) is 5.91 Å². The second kappa shape index (κ2) is 6.42. The molecule has 2 rings (SSSR count). The molecule has 1 amide bonds. The SMILES string of the molecule is CN(C(=O)COc1c(Cl)cccc1Cl)C1CCS(=O)(=O)C1. The van der Waals surface area contributed by atoms with E-state index in [1.807, 2.05) is 0 Å². The van der Waals surface area contributed by atoms with Crippen LogP contribution in [0.15, 0.2) is 18.2 Å². The number of halogens is 2. The van der Waals surface area contributed by atoms with E-state index in [1.165, 1.54) is 4.90 Å². The molecule has 21 heavy (non-hydrogen) atoms. The molecule has 1 aromatic carbocycles. The summed E-state index contributed by atoms with van der Waals surface area (Å²) in [5.74, 6) is 0.0592. The summed E-state index contributed by atoms with van der Waals surface area (Å²) < 4.78 is 28.2. The molecule has 5 nitrogen and oxygen atoms in total. The lowest BCUT2D eigenvalue weighted by Crippen LogP contribution is -2.40. The Morgan fingerprint density at radius 1 is 1.38 bits per heavy atom. The second-order valence-electron chi connectivity index (χ2n) is 4.90. The van der Waals surface area contributed by atoms with Gasteiger partial charge in [-0.2, -0.15) is 0 Å². The van der Waals surface area contributed by atoms with Gasteiger partial charge in [0.05, 0.1) is 21.6 Å². The molecule has 0 saturated carbocycles. The Bertz CT molecular complexity index is 627. The Hall–Kier alpha value is -0.980. The average Bonchev–Trinajstić information content (AvgIpc) is 2.77. The minimum atomic E-state index is -3.03. The van der Waals surface area contributed by atoms with Crippen LogP contribution in [0.5, 0.6) is 5.75 Å². The fraction of sp³-hybridized carbons (Fsp3) is 0.462. The van der Waals surface area contributed by atoms with Gasteiger partial charge < -0.3 is 9.64 Å². The van der Waals surface area contributed by atoms with Crippen molar-refractivity contribution in [1.29, 1.82) is 0 Å². The quantitative estimate of drug-likeness (QED) is 0.832. The van der Waals surface area contributed by atoms with E-state index in [0.717, 1.165) is 0 Å². The molecular formula is C13H15Cl2NO4S.